The van der Waals surface area contributed by atoms with Crippen LogP contribution in [0.15, 0.2) is 30.5 Å². The lowest BCUT2D eigenvalue weighted by Crippen LogP contribution is -1.89. The van der Waals surface area contributed by atoms with Crippen LogP contribution in [0.2, 0.25) is 0 Å². The quantitative estimate of drug-likeness (QED) is 0.598. The molecule has 1 heterocycles. The molecule has 1 fully saturated rings. The van der Waals surface area contributed by atoms with Gasteiger partial charge in [0.1, 0.15) is 0 Å². The van der Waals surface area contributed by atoms with Crippen LogP contribution in [0.1, 0.15) is 18.9 Å². The second-order valence-corrected chi connectivity index (χ2v) is 3.42. The van der Waals surface area contributed by atoms with Crippen molar-refractivity contribution in [1.82, 2.24) is 4.57 Å². The Bertz CT molecular complexity index is 410. The summed E-state index contributed by atoms with van der Waals surface area (Å²) < 4.78 is 2.37. The van der Waals surface area contributed by atoms with Gasteiger partial charge in [0.25, 0.3) is 0 Å². The summed E-state index contributed by atoms with van der Waals surface area (Å²) >= 11 is 0. The van der Waals surface area contributed by atoms with Crippen LogP contribution in [0.3, 0.4) is 0 Å². The second kappa shape index (κ2) is 2.13. The third-order valence-electron chi connectivity index (χ3n) is 2.49. The average molecular weight is 156 g/mol. The summed E-state index contributed by atoms with van der Waals surface area (Å²) in [5.74, 6) is 0. The summed E-state index contributed by atoms with van der Waals surface area (Å²) in [6.07, 6.45) is 4.87. The predicted octanol–water partition coefficient (Wildman–Crippen LogP) is 2.78. The SMILES string of the molecule is [c]1cccc2c1ccn2C1CC1. The zero-order valence-electron chi connectivity index (χ0n) is 6.83. The fraction of sp³-hybridized carbons (Fsp3) is 0.273. The van der Waals surface area contributed by atoms with Gasteiger partial charge in [0.2, 0.25) is 0 Å². The lowest BCUT2D eigenvalue weighted by molar-refractivity contribution is 0.776. The van der Waals surface area contributed by atoms with Crippen molar-refractivity contribution in [2.45, 2.75) is 18.9 Å². The van der Waals surface area contributed by atoms with Crippen LogP contribution in [0, 0.1) is 6.07 Å². The minimum Gasteiger partial charge on any atom is -0.344 e. The van der Waals surface area contributed by atoms with Crippen molar-refractivity contribution in [3.63, 3.8) is 0 Å². The first-order valence-electron chi connectivity index (χ1n) is 4.42. The van der Waals surface area contributed by atoms with Crippen LogP contribution in [-0.2, 0) is 0 Å². The van der Waals surface area contributed by atoms with Gasteiger partial charge < -0.3 is 4.57 Å². The monoisotopic (exact) mass is 156 g/mol. The van der Waals surface area contributed by atoms with Gasteiger partial charge in [-0.15, -0.1) is 0 Å². The molecule has 0 atom stereocenters. The van der Waals surface area contributed by atoms with Crippen molar-refractivity contribution in [1.29, 1.82) is 0 Å². The van der Waals surface area contributed by atoms with Gasteiger partial charge in [-0.25, -0.2) is 0 Å². The number of rotatable bonds is 1. The maximum atomic E-state index is 3.23. The van der Waals surface area contributed by atoms with E-state index in [1.165, 1.54) is 23.7 Å². The fourth-order valence-electron chi connectivity index (χ4n) is 1.71. The van der Waals surface area contributed by atoms with E-state index in [2.05, 4.69) is 35.0 Å². The molecule has 0 bridgehead atoms. The number of fused-ring (bicyclic) bond motifs is 1. The summed E-state index contributed by atoms with van der Waals surface area (Å²) in [4.78, 5) is 0. The van der Waals surface area contributed by atoms with E-state index in [4.69, 9.17) is 0 Å². The second-order valence-electron chi connectivity index (χ2n) is 3.42. The molecule has 1 nitrogen and oxygen atoms in total. The Balaban J connectivity index is 2.30. The Kier molecular flexibility index (Phi) is 1.12. The Morgan fingerprint density at radius 3 is 3.08 bits per heavy atom. The van der Waals surface area contributed by atoms with E-state index in [-0.39, 0.29) is 0 Å². The highest BCUT2D eigenvalue weighted by Crippen LogP contribution is 2.37. The van der Waals surface area contributed by atoms with Gasteiger partial charge in [-0.1, -0.05) is 12.1 Å². The molecular weight excluding hydrogens is 146 g/mol. The van der Waals surface area contributed by atoms with Crippen molar-refractivity contribution in [3.8, 4) is 0 Å². The summed E-state index contributed by atoms with van der Waals surface area (Å²) in [6.45, 7) is 0. The molecular formula is C11H10N. The molecule has 0 aliphatic heterocycles. The Labute approximate surface area is 71.6 Å². The van der Waals surface area contributed by atoms with Crippen LogP contribution in [0.5, 0.6) is 0 Å². The maximum Gasteiger partial charge on any atom is 0.0489 e. The van der Waals surface area contributed by atoms with Crippen molar-refractivity contribution in [2.75, 3.05) is 0 Å². The van der Waals surface area contributed by atoms with E-state index < -0.39 is 0 Å². The molecule has 59 valence electrons. The summed E-state index contributed by atoms with van der Waals surface area (Å²) in [5.41, 5.74) is 1.33. The molecule has 2 aromatic rings. The van der Waals surface area contributed by atoms with Gasteiger partial charge >= 0.3 is 0 Å². The van der Waals surface area contributed by atoms with Crippen molar-refractivity contribution >= 4 is 10.9 Å². The number of aromatic nitrogens is 1. The van der Waals surface area contributed by atoms with Crippen LogP contribution < -0.4 is 0 Å². The number of nitrogens with zero attached hydrogens (tertiary/aromatic N) is 1. The molecule has 0 N–H and O–H groups in total. The molecule has 0 unspecified atom stereocenters. The third kappa shape index (κ3) is 0.795. The van der Waals surface area contributed by atoms with Gasteiger partial charge in [0.15, 0.2) is 0 Å². The standard InChI is InChI=1S/C11H10N/c1-2-4-11-9(3-1)7-8-12(11)10-5-6-10/h1-2,4,7-8,10H,5-6H2. The summed E-state index contributed by atoms with van der Waals surface area (Å²) in [7, 11) is 0. The number of benzene rings is 1. The minimum absolute atomic E-state index is 0.776. The predicted molar refractivity (Wildman–Crippen MR) is 49.0 cm³/mol. The molecule has 1 saturated carbocycles. The van der Waals surface area contributed by atoms with Gasteiger partial charge in [-0.3, -0.25) is 0 Å². The molecule has 1 aromatic carbocycles. The van der Waals surface area contributed by atoms with E-state index in [0.717, 1.165) is 6.04 Å². The maximum absolute atomic E-state index is 3.23. The average Bonchev–Trinajstić information content (AvgIpc) is 2.86. The highest BCUT2D eigenvalue weighted by molar-refractivity contribution is 5.79. The summed E-state index contributed by atoms with van der Waals surface area (Å²) in [6, 6.07) is 12.4. The lowest BCUT2D eigenvalue weighted by Gasteiger charge is -2.00. The molecule has 1 heteroatoms. The fourth-order valence-corrected chi connectivity index (χ4v) is 1.71. The van der Waals surface area contributed by atoms with Crippen LogP contribution >= 0.6 is 0 Å². The number of hydrogen-bond acceptors (Lipinski definition) is 0. The molecule has 3 rings (SSSR count). The molecule has 0 spiro atoms. The van der Waals surface area contributed by atoms with Crippen molar-refractivity contribution < 1.29 is 0 Å². The van der Waals surface area contributed by atoms with E-state index >= 15 is 0 Å². The molecule has 1 aromatic heterocycles. The zero-order chi connectivity index (χ0) is 7.97. The Hall–Kier alpha value is -1.24. The van der Waals surface area contributed by atoms with Gasteiger partial charge in [-0.05, 0) is 31.0 Å². The van der Waals surface area contributed by atoms with Gasteiger partial charge in [0, 0.05) is 23.1 Å². The number of hydrogen-bond donors (Lipinski definition) is 0. The first-order valence-corrected chi connectivity index (χ1v) is 4.42. The smallest absolute Gasteiger partial charge is 0.0489 e. The molecule has 0 amide bonds. The molecule has 1 aliphatic carbocycles. The Morgan fingerprint density at radius 2 is 2.25 bits per heavy atom. The zero-order valence-corrected chi connectivity index (χ0v) is 6.83. The van der Waals surface area contributed by atoms with E-state index in [1.807, 2.05) is 6.07 Å². The van der Waals surface area contributed by atoms with Crippen molar-refractivity contribution in [3.05, 3.63) is 36.5 Å². The van der Waals surface area contributed by atoms with Crippen LogP contribution in [0.25, 0.3) is 10.9 Å². The topological polar surface area (TPSA) is 4.93 Å². The third-order valence-corrected chi connectivity index (χ3v) is 2.49. The first-order chi connectivity index (χ1) is 5.95. The van der Waals surface area contributed by atoms with Crippen LogP contribution in [-0.4, -0.2) is 4.57 Å². The molecule has 1 radical (unpaired) electrons. The highest BCUT2D eigenvalue weighted by Gasteiger charge is 2.23. The highest BCUT2D eigenvalue weighted by atomic mass is 15.0. The molecule has 0 saturated heterocycles. The van der Waals surface area contributed by atoms with Gasteiger partial charge in [-0.2, -0.15) is 0 Å². The largest absolute Gasteiger partial charge is 0.344 e. The van der Waals surface area contributed by atoms with E-state index in [1.54, 1.807) is 0 Å². The van der Waals surface area contributed by atoms with E-state index in [0.29, 0.717) is 0 Å². The molecule has 1 aliphatic rings. The van der Waals surface area contributed by atoms with Gasteiger partial charge in [0.05, 0.1) is 0 Å². The first kappa shape index (κ1) is 6.30. The van der Waals surface area contributed by atoms with Crippen LogP contribution in [0.4, 0.5) is 0 Å². The summed E-state index contributed by atoms with van der Waals surface area (Å²) in [5, 5.41) is 1.24. The van der Waals surface area contributed by atoms with E-state index in [9.17, 15) is 0 Å². The van der Waals surface area contributed by atoms with Crippen molar-refractivity contribution in [2.24, 2.45) is 0 Å². The normalized spacial score (nSPS) is 17.0. The Morgan fingerprint density at radius 1 is 1.33 bits per heavy atom. The molecule has 12 heavy (non-hydrogen) atoms. The minimum atomic E-state index is 0.776. The lowest BCUT2D eigenvalue weighted by atomic mass is 10.2.